The van der Waals surface area contributed by atoms with Crippen molar-refractivity contribution in [2.45, 2.75) is 50.5 Å². The van der Waals surface area contributed by atoms with Crippen LogP contribution in [0.2, 0.25) is 5.02 Å². The highest BCUT2D eigenvalue weighted by Gasteiger charge is 2.26. The first-order valence-corrected chi connectivity index (χ1v) is 11.2. The molecular weight excluding hydrogens is 386 g/mol. The molecule has 6 nitrogen and oxygen atoms in total. The zero-order valence-electron chi connectivity index (χ0n) is 16.5. The fourth-order valence-corrected chi connectivity index (χ4v) is 4.52. The van der Waals surface area contributed by atoms with Crippen molar-refractivity contribution in [2.24, 2.45) is 11.8 Å². The number of rotatable bonds is 7. The lowest BCUT2D eigenvalue weighted by molar-refractivity contribution is -0.116. The molecule has 152 valence electrons. The van der Waals surface area contributed by atoms with Crippen molar-refractivity contribution >= 4 is 33.2 Å². The second-order valence-electron chi connectivity index (χ2n) is 7.56. The molecule has 1 aromatic rings. The lowest BCUT2D eigenvalue weighted by Gasteiger charge is -2.34. The second-order valence-corrected chi connectivity index (χ2v) is 10.1. The van der Waals surface area contributed by atoms with Gasteiger partial charge in [-0.05, 0) is 36.5 Å². The number of hydrogen-bond donors (Lipinski definition) is 2. The van der Waals surface area contributed by atoms with Gasteiger partial charge >= 0.3 is 0 Å². The van der Waals surface area contributed by atoms with Crippen LogP contribution in [0.25, 0.3) is 0 Å². The predicted octanol–water partition coefficient (Wildman–Crippen LogP) is 3.33. The van der Waals surface area contributed by atoms with Crippen LogP contribution in [0.1, 0.15) is 39.5 Å². The van der Waals surface area contributed by atoms with Gasteiger partial charge in [-0.15, -0.1) is 0 Å². The Hall–Kier alpha value is -1.15. The van der Waals surface area contributed by atoms with Crippen molar-refractivity contribution in [2.75, 3.05) is 26.0 Å². The Bertz CT molecular complexity index is 767. The number of nitrogens with zero attached hydrogens (tertiary/aromatic N) is 1. The van der Waals surface area contributed by atoms with Crippen molar-refractivity contribution in [3.63, 3.8) is 0 Å². The van der Waals surface area contributed by atoms with E-state index in [-0.39, 0.29) is 10.8 Å². The van der Waals surface area contributed by atoms with Crippen molar-refractivity contribution in [1.82, 2.24) is 9.62 Å². The Labute approximate surface area is 167 Å². The maximum absolute atomic E-state index is 12.3. The minimum atomic E-state index is -3.58. The van der Waals surface area contributed by atoms with Gasteiger partial charge in [0.1, 0.15) is 0 Å². The van der Waals surface area contributed by atoms with E-state index >= 15 is 0 Å². The minimum absolute atomic E-state index is 0.0929. The summed E-state index contributed by atoms with van der Waals surface area (Å²) in [5.41, 5.74) is 0.309. The number of sulfonamides is 1. The number of halogens is 1. The molecule has 1 aliphatic carbocycles. The normalized spacial score (nSPS) is 23.4. The number of anilines is 1. The number of carbonyl (C=O) groups is 1. The topological polar surface area (TPSA) is 78.5 Å². The van der Waals surface area contributed by atoms with E-state index in [1.807, 2.05) is 0 Å². The van der Waals surface area contributed by atoms with Gasteiger partial charge in [-0.3, -0.25) is 4.79 Å². The summed E-state index contributed by atoms with van der Waals surface area (Å²) in [7, 11) is -0.665. The van der Waals surface area contributed by atoms with Crippen LogP contribution in [0.15, 0.2) is 23.1 Å². The van der Waals surface area contributed by atoms with Crippen molar-refractivity contribution in [3.8, 4) is 0 Å². The van der Waals surface area contributed by atoms with Crippen molar-refractivity contribution < 1.29 is 13.2 Å². The molecule has 0 aromatic heterocycles. The highest BCUT2D eigenvalue weighted by atomic mass is 35.5. The molecule has 27 heavy (non-hydrogen) atoms. The van der Waals surface area contributed by atoms with E-state index in [9.17, 15) is 13.2 Å². The maximum atomic E-state index is 12.3. The maximum Gasteiger partial charge on any atom is 0.242 e. The largest absolute Gasteiger partial charge is 0.325 e. The van der Waals surface area contributed by atoms with Gasteiger partial charge in [0.15, 0.2) is 0 Å². The van der Waals surface area contributed by atoms with Crippen LogP contribution < -0.4 is 10.6 Å². The molecule has 1 amide bonds. The molecule has 3 atom stereocenters. The fourth-order valence-electron chi connectivity index (χ4n) is 3.43. The predicted molar refractivity (Wildman–Crippen MR) is 110 cm³/mol. The minimum Gasteiger partial charge on any atom is -0.325 e. The second kappa shape index (κ2) is 9.37. The summed E-state index contributed by atoms with van der Waals surface area (Å²) < 4.78 is 25.6. The molecular formula is C19H30ClN3O3S. The van der Waals surface area contributed by atoms with Crippen LogP contribution in [0.5, 0.6) is 0 Å². The molecule has 1 saturated carbocycles. The van der Waals surface area contributed by atoms with E-state index in [2.05, 4.69) is 24.5 Å². The van der Waals surface area contributed by atoms with Crippen LogP contribution in [0, 0.1) is 11.8 Å². The molecule has 1 fully saturated rings. The SMILES string of the molecule is CC1CCCC(NCCC(=O)Nc2cc(S(=O)(=O)N(C)C)ccc2Cl)C1C. The van der Waals surface area contributed by atoms with Crippen molar-refractivity contribution in [1.29, 1.82) is 0 Å². The highest BCUT2D eigenvalue weighted by Crippen LogP contribution is 2.29. The fraction of sp³-hybridized carbons (Fsp3) is 0.632. The number of carbonyl (C=O) groups excluding carboxylic acids is 1. The van der Waals surface area contributed by atoms with E-state index in [1.54, 1.807) is 0 Å². The first kappa shape index (κ1) is 22.1. The summed E-state index contributed by atoms with van der Waals surface area (Å²) in [5.74, 6) is 1.11. The Morgan fingerprint density at radius 1 is 1.26 bits per heavy atom. The molecule has 1 aromatic carbocycles. The lowest BCUT2D eigenvalue weighted by Crippen LogP contribution is -2.41. The molecule has 0 aliphatic heterocycles. The van der Waals surface area contributed by atoms with Crippen LogP contribution >= 0.6 is 11.6 Å². The van der Waals surface area contributed by atoms with Crippen LogP contribution in [0.4, 0.5) is 5.69 Å². The van der Waals surface area contributed by atoms with E-state index in [1.165, 1.54) is 45.1 Å². The van der Waals surface area contributed by atoms with Gasteiger partial charge in [0.05, 0.1) is 15.6 Å². The van der Waals surface area contributed by atoms with E-state index < -0.39 is 10.0 Å². The zero-order valence-corrected chi connectivity index (χ0v) is 18.0. The third-order valence-electron chi connectivity index (χ3n) is 5.46. The van der Waals surface area contributed by atoms with Gasteiger partial charge in [-0.2, -0.15) is 0 Å². The van der Waals surface area contributed by atoms with Gasteiger partial charge < -0.3 is 10.6 Å². The third-order valence-corrected chi connectivity index (χ3v) is 7.60. The molecule has 0 heterocycles. The standard InChI is InChI=1S/C19H30ClN3O3S/c1-13-6-5-7-17(14(13)2)21-11-10-19(24)22-18-12-15(8-9-16(18)20)27(25,26)23(3)4/h8-9,12-14,17,21H,5-7,10-11H2,1-4H3,(H,22,24). The molecule has 0 spiro atoms. The number of hydrogen-bond acceptors (Lipinski definition) is 4. The first-order chi connectivity index (χ1) is 12.6. The van der Waals surface area contributed by atoms with Gasteiger partial charge in [0.25, 0.3) is 0 Å². The zero-order chi connectivity index (χ0) is 20.2. The quantitative estimate of drug-likeness (QED) is 0.715. The molecule has 0 bridgehead atoms. The Morgan fingerprint density at radius 2 is 1.96 bits per heavy atom. The van der Waals surface area contributed by atoms with Crippen LogP contribution in [-0.2, 0) is 14.8 Å². The lowest BCUT2D eigenvalue weighted by atomic mass is 9.78. The smallest absolute Gasteiger partial charge is 0.242 e. The summed E-state index contributed by atoms with van der Waals surface area (Å²) in [5, 5.41) is 6.52. The summed E-state index contributed by atoms with van der Waals surface area (Å²) in [4.78, 5) is 12.4. The summed E-state index contributed by atoms with van der Waals surface area (Å²) >= 11 is 6.12. The first-order valence-electron chi connectivity index (χ1n) is 9.38. The number of nitrogens with one attached hydrogen (secondary N) is 2. The van der Waals surface area contributed by atoms with Gasteiger partial charge in [0.2, 0.25) is 15.9 Å². The molecule has 3 unspecified atom stereocenters. The average Bonchev–Trinajstić information content (AvgIpc) is 2.60. The molecule has 0 radical (unpaired) electrons. The Balaban J connectivity index is 1.94. The van der Waals surface area contributed by atoms with E-state index in [0.717, 1.165) is 10.7 Å². The molecule has 2 N–H and O–H groups in total. The Morgan fingerprint density at radius 3 is 2.63 bits per heavy atom. The summed E-state index contributed by atoms with van der Waals surface area (Å²) in [6, 6.07) is 4.75. The van der Waals surface area contributed by atoms with Crippen LogP contribution in [0.3, 0.4) is 0 Å². The van der Waals surface area contributed by atoms with Gasteiger partial charge in [-0.1, -0.05) is 38.3 Å². The molecule has 2 rings (SSSR count). The van der Waals surface area contributed by atoms with Crippen molar-refractivity contribution in [3.05, 3.63) is 23.2 Å². The van der Waals surface area contributed by atoms with Gasteiger partial charge in [0, 0.05) is 33.1 Å². The third kappa shape index (κ3) is 5.67. The average molecular weight is 416 g/mol. The van der Waals surface area contributed by atoms with Gasteiger partial charge in [-0.25, -0.2) is 12.7 Å². The summed E-state index contributed by atoms with van der Waals surface area (Å²) in [6.07, 6.45) is 3.94. The van der Waals surface area contributed by atoms with E-state index in [0.29, 0.717) is 41.6 Å². The molecule has 1 aliphatic rings. The Kier molecular flexibility index (Phi) is 7.68. The molecule has 8 heteroatoms. The number of benzene rings is 1. The molecule has 0 saturated heterocycles. The highest BCUT2D eigenvalue weighted by molar-refractivity contribution is 7.89. The van der Waals surface area contributed by atoms with E-state index in [4.69, 9.17) is 11.6 Å². The number of amides is 1. The summed E-state index contributed by atoms with van der Waals surface area (Å²) in [6.45, 7) is 5.13. The van der Waals surface area contributed by atoms with Crippen LogP contribution in [-0.4, -0.2) is 45.3 Å². The monoisotopic (exact) mass is 415 g/mol.